The smallest absolute Gasteiger partial charge is 0.410 e. The number of aliphatic imine (C=N–C) groups is 1. The Morgan fingerprint density at radius 2 is 1.86 bits per heavy atom. The molecule has 0 aromatic rings. The molecule has 130 valence electrons. The van der Waals surface area contributed by atoms with Gasteiger partial charge in [0.25, 0.3) is 0 Å². The Labute approximate surface area is 151 Å². The average molecular weight is 426 g/mol. The Morgan fingerprint density at radius 3 is 2.36 bits per heavy atom. The second-order valence-corrected chi connectivity index (χ2v) is 6.35. The fourth-order valence-electron chi connectivity index (χ4n) is 2.21. The van der Waals surface area contributed by atoms with Crippen molar-refractivity contribution < 1.29 is 9.53 Å². The SMILES string of the molecule is CCN(CCN=C(N)N1CCCCC1)C(=O)OC(C)(C)C.I. The van der Waals surface area contributed by atoms with Gasteiger partial charge in [0.05, 0.1) is 6.54 Å². The molecule has 0 radical (unpaired) electrons. The maximum absolute atomic E-state index is 12.0. The van der Waals surface area contributed by atoms with Gasteiger partial charge in [-0.1, -0.05) is 0 Å². The van der Waals surface area contributed by atoms with Crippen LogP contribution in [0.15, 0.2) is 4.99 Å². The standard InChI is InChI=1S/C15H30N4O2.HI/c1-5-18(14(20)21-15(2,3)4)12-9-17-13(16)19-10-7-6-8-11-19;/h5-12H2,1-4H3,(H2,16,17);1H. The number of nitrogens with zero attached hydrogens (tertiary/aromatic N) is 3. The van der Waals surface area contributed by atoms with Crippen LogP contribution < -0.4 is 5.73 Å². The highest BCUT2D eigenvalue weighted by molar-refractivity contribution is 14.0. The molecule has 0 aliphatic carbocycles. The average Bonchev–Trinajstić information content (AvgIpc) is 2.42. The minimum Gasteiger partial charge on any atom is -0.444 e. The number of piperidine rings is 1. The first-order chi connectivity index (χ1) is 9.83. The third-order valence-corrected chi connectivity index (χ3v) is 3.36. The molecule has 0 aromatic carbocycles. The summed E-state index contributed by atoms with van der Waals surface area (Å²) in [7, 11) is 0. The third-order valence-electron chi connectivity index (χ3n) is 3.36. The number of amides is 1. The van der Waals surface area contributed by atoms with Crippen LogP contribution in [0.25, 0.3) is 0 Å². The summed E-state index contributed by atoms with van der Waals surface area (Å²) < 4.78 is 5.36. The number of guanidine groups is 1. The number of ether oxygens (including phenoxy) is 1. The molecule has 0 saturated carbocycles. The van der Waals surface area contributed by atoms with Gasteiger partial charge >= 0.3 is 6.09 Å². The lowest BCUT2D eigenvalue weighted by atomic mass is 10.1. The summed E-state index contributed by atoms with van der Waals surface area (Å²) in [5.74, 6) is 0.593. The van der Waals surface area contributed by atoms with Gasteiger partial charge in [0.2, 0.25) is 0 Å². The van der Waals surface area contributed by atoms with Crippen LogP contribution in [0, 0.1) is 0 Å². The maximum Gasteiger partial charge on any atom is 0.410 e. The quantitative estimate of drug-likeness (QED) is 0.426. The number of nitrogens with two attached hydrogens (primary N) is 1. The molecule has 0 aromatic heterocycles. The minimum absolute atomic E-state index is 0. The number of halogens is 1. The number of likely N-dealkylation sites (N-methyl/N-ethyl adjacent to an activating group) is 1. The summed E-state index contributed by atoms with van der Waals surface area (Å²) in [5.41, 5.74) is 5.52. The molecule has 1 aliphatic rings. The Bertz CT molecular complexity index is 363. The molecule has 1 aliphatic heterocycles. The molecule has 7 heteroatoms. The largest absolute Gasteiger partial charge is 0.444 e. The van der Waals surface area contributed by atoms with E-state index in [0.717, 1.165) is 13.1 Å². The summed E-state index contributed by atoms with van der Waals surface area (Å²) >= 11 is 0. The monoisotopic (exact) mass is 426 g/mol. The number of hydrogen-bond donors (Lipinski definition) is 1. The van der Waals surface area contributed by atoms with Crippen molar-refractivity contribution in [2.45, 2.75) is 52.6 Å². The summed E-state index contributed by atoms with van der Waals surface area (Å²) in [5, 5.41) is 0. The second kappa shape index (κ2) is 10.1. The normalized spacial score (nSPS) is 16.0. The van der Waals surface area contributed by atoms with Crippen molar-refractivity contribution in [3.05, 3.63) is 0 Å². The zero-order chi connectivity index (χ0) is 15.9. The number of likely N-dealkylation sites (tertiary alicyclic amines) is 1. The van der Waals surface area contributed by atoms with Crippen molar-refractivity contribution in [1.82, 2.24) is 9.80 Å². The van der Waals surface area contributed by atoms with Crippen LogP contribution in [0.4, 0.5) is 4.79 Å². The molecule has 1 fully saturated rings. The van der Waals surface area contributed by atoms with Gasteiger partial charge in [-0.3, -0.25) is 4.99 Å². The Morgan fingerprint density at radius 1 is 1.27 bits per heavy atom. The van der Waals surface area contributed by atoms with Crippen LogP contribution in [0.3, 0.4) is 0 Å². The Balaban J connectivity index is 0.00000441. The van der Waals surface area contributed by atoms with Crippen molar-refractivity contribution in [1.29, 1.82) is 0 Å². The van der Waals surface area contributed by atoms with Gasteiger partial charge in [0.1, 0.15) is 5.60 Å². The van der Waals surface area contributed by atoms with Crippen molar-refractivity contribution in [2.24, 2.45) is 10.7 Å². The van der Waals surface area contributed by atoms with E-state index >= 15 is 0 Å². The number of rotatable bonds is 4. The highest BCUT2D eigenvalue weighted by Crippen LogP contribution is 2.10. The molecule has 1 saturated heterocycles. The Hall–Kier alpha value is -0.730. The predicted molar refractivity (Wildman–Crippen MR) is 101 cm³/mol. The van der Waals surface area contributed by atoms with Gasteiger partial charge in [-0.05, 0) is 47.0 Å². The van der Waals surface area contributed by atoms with Crippen molar-refractivity contribution in [3.63, 3.8) is 0 Å². The lowest BCUT2D eigenvalue weighted by molar-refractivity contribution is 0.0266. The topological polar surface area (TPSA) is 71.2 Å². The van der Waals surface area contributed by atoms with E-state index in [0.29, 0.717) is 25.6 Å². The first-order valence-electron chi connectivity index (χ1n) is 7.86. The summed E-state index contributed by atoms with van der Waals surface area (Å²) in [6.07, 6.45) is 3.33. The highest BCUT2D eigenvalue weighted by Gasteiger charge is 2.20. The molecule has 2 N–H and O–H groups in total. The molecular weight excluding hydrogens is 395 g/mol. The van der Waals surface area contributed by atoms with Crippen molar-refractivity contribution >= 4 is 36.0 Å². The zero-order valence-electron chi connectivity index (χ0n) is 14.3. The highest BCUT2D eigenvalue weighted by atomic mass is 127. The molecule has 0 bridgehead atoms. The van der Waals surface area contributed by atoms with E-state index in [4.69, 9.17) is 10.5 Å². The number of carbonyl (C=O) groups is 1. The van der Waals surface area contributed by atoms with Gasteiger partial charge in [-0.25, -0.2) is 4.79 Å². The number of carbonyl (C=O) groups excluding carboxylic acids is 1. The van der Waals surface area contributed by atoms with E-state index in [1.807, 2.05) is 27.7 Å². The number of hydrogen-bond acceptors (Lipinski definition) is 3. The molecule has 6 nitrogen and oxygen atoms in total. The van der Waals surface area contributed by atoms with E-state index in [1.165, 1.54) is 19.3 Å². The molecule has 0 atom stereocenters. The van der Waals surface area contributed by atoms with Gasteiger partial charge in [0.15, 0.2) is 5.96 Å². The van der Waals surface area contributed by atoms with E-state index in [1.54, 1.807) is 4.90 Å². The van der Waals surface area contributed by atoms with Crippen LogP contribution >= 0.6 is 24.0 Å². The van der Waals surface area contributed by atoms with Crippen LogP contribution in [0.1, 0.15) is 47.0 Å². The molecule has 0 unspecified atom stereocenters. The first kappa shape index (κ1) is 21.3. The lowest BCUT2D eigenvalue weighted by Crippen LogP contribution is -2.42. The van der Waals surface area contributed by atoms with E-state index in [-0.39, 0.29) is 30.1 Å². The van der Waals surface area contributed by atoms with Crippen LogP contribution in [-0.4, -0.2) is 60.2 Å². The Kier molecular flexibility index (Phi) is 9.79. The third kappa shape index (κ3) is 8.05. The van der Waals surface area contributed by atoms with Crippen LogP contribution in [0.5, 0.6) is 0 Å². The minimum atomic E-state index is -0.472. The van der Waals surface area contributed by atoms with E-state index in [9.17, 15) is 4.79 Å². The zero-order valence-corrected chi connectivity index (χ0v) is 16.6. The summed E-state index contributed by atoms with van der Waals surface area (Å²) in [6, 6.07) is 0. The summed E-state index contributed by atoms with van der Waals surface area (Å²) in [4.78, 5) is 20.1. The summed E-state index contributed by atoms with van der Waals surface area (Å²) in [6.45, 7) is 11.1. The molecule has 1 heterocycles. The fraction of sp³-hybridized carbons (Fsp3) is 0.867. The molecule has 1 amide bonds. The molecular formula is C15H31IN4O2. The predicted octanol–water partition coefficient (Wildman–Crippen LogP) is 2.66. The van der Waals surface area contributed by atoms with Gasteiger partial charge in [-0.15, -0.1) is 24.0 Å². The molecule has 22 heavy (non-hydrogen) atoms. The lowest BCUT2D eigenvalue weighted by Gasteiger charge is -2.28. The van der Waals surface area contributed by atoms with Crippen LogP contribution in [-0.2, 0) is 4.74 Å². The van der Waals surface area contributed by atoms with E-state index in [2.05, 4.69) is 9.89 Å². The van der Waals surface area contributed by atoms with Crippen molar-refractivity contribution in [2.75, 3.05) is 32.7 Å². The molecule has 1 rings (SSSR count). The van der Waals surface area contributed by atoms with Crippen molar-refractivity contribution in [3.8, 4) is 0 Å². The van der Waals surface area contributed by atoms with Gasteiger partial charge in [-0.2, -0.15) is 0 Å². The van der Waals surface area contributed by atoms with E-state index < -0.39 is 5.60 Å². The van der Waals surface area contributed by atoms with Crippen LogP contribution in [0.2, 0.25) is 0 Å². The van der Waals surface area contributed by atoms with Gasteiger partial charge < -0.3 is 20.3 Å². The second-order valence-electron chi connectivity index (χ2n) is 6.35. The maximum atomic E-state index is 12.0. The first-order valence-corrected chi connectivity index (χ1v) is 7.86. The van der Waals surface area contributed by atoms with Gasteiger partial charge in [0, 0.05) is 26.2 Å². The molecule has 0 spiro atoms. The fourth-order valence-corrected chi connectivity index (χ4v) is 2.21.